The van der Waals surface area contributed by atoms with Crippen LogP contribution >= 0.6 is 12.4 Å². The number of carbonyl (C=O) groups excluding carboxylic acids is 1. The lowest BCUT2D eigenvalue weighted by molar-refractivity contribution is -0.0718. The fourth-order valence-corrected chi connectivity index (χ4v) is 6.36. The molecule has 1 saturated heterocycles. The van der Waals surface area contributed by atoms with E-state index < -0.39 is 5.60 Å². The highest BCUT2D eigenvalue weighted by atomic mass is 35.5. The van der Waals surface area contributed by atoms with Gasteiger partial charge in [0.1, 0.15) is 18.0 Å². The van der Waals surface area contributed by atoms with E-state index in [-0.39, 0.29) is 37.0 Å². The highest BCUT2D eigenvalue weighted by molar-refractivity contribution is 5.98. The lowest BCUT2D eigenvalue weighted by Crippen LogP contribution is -2.54. The molecule has 1 saturated carbocycles. The fourth-order valence-electron chi connectivity index (χ4n) is 6.36. The van der Waals surface area contributed by atoms with Gasteiger partial charge in [0.15, 0.2) is 5.69 Å². The number of benzene rings is 3. The molecule has 42 heavy (non-hydrogen) atoms. The van der Waals surface area contributed by atoms with Crippen molar-refractivity contribution in [3.8, 4) is 17.0 Å². The van der Waals surface area contributed by atoms with Crippen LogP contribution in [0.3, 0.4) is 0 Å². The summed E-state index contributed by atoms with van der Waals surface area (Å²) >= 11 is 0. The van der Waals surface area contributed by atoms with Crippen LogP contribution in [0.4, 0.5) is 0 Å². The van der Waals surface area contributed by atoms with Crippen LogP contribution in [-0.4, -0.2) is 63.3 Å². The van der Waals surface area contributed by atoms with Crippen molar-refractivity contribution >= 4 is 18.3 Å². The smallest absolute Gasteiger partial charge is 0.275 e. The second kappa shape index (κ2) is 13.6. The summed E-state index contributed by atoms with van der Waals surface area (Å²) < 4.78 is 8.15. The zero-order valence-corrected chi connectivity index (χ0v) is 24.6. The largest absolute Gasteiger partial charge is 0.491 e. The van der Waals surface area contributed by atoms with Crippen molar-refractivity contribution in [1.29, 1.82) is 0 Å². The molecule has 6 rings (SSSR count). The Bertz CT molecular complexity index is 1430. The van der Waals surface area contributed by atoms with Crippen LogP contribution in [0.2, 0.25) is 0 Å². The van der Waals surface area contributed by atoms with E-state index in [4.69, 9.17) is 9.72 Å². The van der Waals surface area contributed by atoms with Gasteiger partial charge in [-0.2, -0.15) is 0 Å². The number of carbonyl (C=O) groups is 1. The third-order valence-electron chi connectivity index (χ3n) is 8.49. The Morgan fingerprint density at radius 1 is 0.976 bits per heavy atom. The summed E-state index contributed by atoms with van der Waals surface area (Å²) in [4.78, 5) is 21.0. The Balaban J connectivity index is 0.00000353. The van der Waals surface area contributed by atoms with Crippen molar-refractivity contribution in [3.05, 3.63) is 109 Å². The predicted octanol–water partition coefficient (Wildman–Crippen LogP) is 5.55. The zero-order valence-electron chi connectivity index (χ0n) is 23.8. The second-order valence-electron chi connectivity index (χ2n) is 11.2. The van der Waals surface area contributed by atoms with Gasteiger partial charge in [-0.1, -0.05) is 91.7 Å². The molecule has 0 radical (unpaired) electrons. The molecule has 3 aromatic carbocycles. The molecular weight excluding hydrogens is 548 g/mol. The summed E-state index contributed by atoms with van der Waals surface area (Å²) in [7, 11) is 0. The van der Waals surface area contributed by atoms with Crippen LogP contribution in [-0.2, 0) is 6.42 Å². The number of imidazole rings is 1. The summed E-state index contributed by atoms with van der Waals surface area (Å²) in [6, 6.07) is 29.7. The molecule has 2 aliphatic rings. The molecular formula is C34H39ClN4O3. The number of aliphatic hydroxyl groups is 1. The molecule has 1 amide bonds. The molecule has 2 unspecified atom stereocenters. The van der Waals surface area contributed by atoms with Gasteiger partial charge in [-0.3, -0.25) is 4.79 Å². The van der Waals surface area contributed by atoms with E-state index >= 15 is 0 Å². The summed E-state index contributed by atoms with van der Waals surface area (Å²) in [5.74, 6) is 0.670. The lowest BCUT2D eigenvalue weighted by atomic mass is 9.80. The van der Waals surface area contributed by atoms with Gasteiger partial charge in [0.05, 0.1) is 18.1 Å². The first-order chi connectivity index (χ1) is 20.1. The highest BCUT2D eigenvalue weighted by Crippen LogP contribution is 2.41. The molecule has 1 aliphatic heterocycles. The van der Waals surface area contributed by atoms with Crippen LogP contribution in [0.25, 0.3) is 11.3 Å². The van der Waals surface area contributed by atoms with Gasteiger partial charge in [0.25, 0.3) is 5.91 Å². The SMILES string of the molecule is Cl.O=C(c1ncn(C2CCCCC2(O)COc2ccccc2)c1-c1ccccc1)N1CCNC[C@H]1Cc1ccccc1. The number of piperazine rings is 1. The van der Waals surface area contributed by atoms with Crippen LogP contribution in [0, 0.1) is 0 Å². The van der Waals surface area contributed by atoms with Crippen molar-refractivity contribution in [2.75, 3.05) is 26.2 Å². The fraction of sp³-hybridized carbons (Fsp3) is 0.353. The van der Waals surface area contributed by atoms with Crippen molar-refractivity contribution in [2.24, 2.45) is 0 Å². The minimum Gasteiger partial charge on any atom is -0.491 e. The summed E-state index contributed by atoms with van der Waals surface area (Å²) in [6.45, 7) is 2.28. The number of nitrogens with one attached hydrogen (secondary N) is 1. The molecule has 1 aromatic heterocycles. The van der Waals surface area contributed by atoms with E-state index in [0.29, 0.717) is 18.7 Å². The molecule has 3 atom stereocenters. The van der Waals surface area contributed by atoms with Crippen molar-refractivity contribution in [3.63, 3.8) is 0 Å². The van der Waals surface area contributed by atoms with Crippen LogP contribution in [0.5, 0.6) is 5.75 Å². The number of amides is 1. The first-order valence-corrected chi connectivity index (χ1v) is 14.7. The van der Waals surface area contributed by atoms with Gasteiger partial charge in [-0.05, 0) is 37.0 Å². The molecule has 0 bridgehead atoms. The Morgan fingerprint density at radius 2 is 1.67 bits per heavy atom. The van der Waals surface area contributed by atoms with Gasteiger partial charge < -0.3 is 24.6 Å². The maximum absolute atomic E-state index is 14.3. The monoisotopic (exact) mass is 586 g/mol. The molecule has 7 nitrogen and oxygen atoms in total. The van der Waals surface area contributed by atoms with Crippen LogP contribution in [0.15, 0.2) is 97.3 Å². The van der Waals surface area contributed by atoms with Crippen molar-refractivity contribution in [1.82, 2.24) is 19.8 Å². The molecule has 2 heterocycles. The molecule has 0 spiro atoms. The van der Waals surface area contributed by atoms with Crippen LogP contribution in [0.1, 0.15) is 47.8 Å². The van der Waals surface area contributed by atoms with E-state index in [1.807, 2.05) is 88.3 Å². The Labute approximate surface area is 254 Å². The summed E-state index contributed by atoms with van der Waals surface area (Å²) in [6.07, 6.45) is 5.85. The number of aromatic nitrogens is 2. The maximum Gasteiger partial charge on any atom is 0.275 e. The van der Waals surface area contributed by atoms with E-state index in [1.54, 1.807) is 6.33 Å². The normalized spacial score (nSPS) is 22.3. The molecule has 4 aromatic rings. The van der Waals surface area contributed by atoms with Gasteiger partial charge in [-0.25, -0.2) is 4.98 Å². The van der Waals surface area contributed by atoms with Crippen molar-refractivity contribution < 1.29 is 14.6 Å². The van der Waals surface area contributed by atoms with Crippen molar-refractivity contribution in [2.45, 2.75) is 49.8 Å². The minimum absolute atomic E-state index is 0. The number of hydrogen-bond acceptors (Lipinski definition) is 5. The highest BCUT2D eigenvalue weighted by Gasteiger charge is 2.43. The molecule has 1 aliphatic carbocycles. The number of nitrogens with zero attached hydrogens (tertiary/aromatic N) is 3. The van der Waals surface area contributed by atoms with E-state index in [2.05, 4.69) is 17.4 Å². The number of ether oxygens (including phenoxy) is 1. The van der Waals surface area contributed by atoms with Gasteiger partial charge in [0, 0.05) is 31.2 Å². The standard InChI is InChI=1S/C34H38N4O3.ClH/c39-33(37-21-20-35-23-28(37)22-26-12-4-1-5-13-26)31-32(27-14-6-2-7-15-27)38(25-36-31)30-18-10-11-19-34(30,40)24-41-29-16-8-3-9-17-29;/h1-9,12-17,25,28,30,35,40H,10-11,18-24H2;1H/t28-,30?,34?;/m1./s1. The average Bonchev–Trinajstić information content (AvgIpc) is 3.46. The van der Waals surface area contributed by atoms with Crippen LogP contribution < -0.4 is 10.1 Å². The minimum atomic E-state index is -1.09. The first-order valence-electron chi connectivity index (χ1n) is 14.7. The predicted molar refractivity (Wildman–Crippen MR) is 167 cm³/mol. The Hall–Kier alpha value is -3.65. The molecule has 8 heteroatoms. The quantitative estimate of drug-likeness (QED) is 0.283. The topological polar surface area (TPSA) is 79.6 Å². The van der Waals surface area contributed by atoms with Gasteiger partial charge in [0.2, 0.25) is 0 Å². The second-order valence-corrected chi connectivity index (χ2v) is 11.2. The number of hydrogen-bond donors (Lipinski definition) is 2. The van der Waals surface area contributed by atoms with E-state index in [1.165, 1.54) is 5.56 Å². The average molecular weight is 587 g/mol. The zero-order chi connectivity index (χ0) is 28.1. The van der Waals surface area contributed by atoms with E-state index in [9.17, 15) is 9.90 Å². The number of halogens is 1. The molecule has 2 fully saturated rings. The summed E-state index contributed by atoms with van der Waals surface area (Å²) in [5.41, 5.74) is 2.23. The first kappa shape index (κ1) is 29.8. The van der Waals surface area contributed by atoms with Gasteiger partial charge in [-0.15, -0.1) is 12.4 Å². The maximum atomic E-state index is 14.3. The van der Waals surface area contributed by atoms with Gasteiger partial charge >= 0.3 is 0 Å². The third kappa shape index (κ3) is 6.38. The lowest BCUT2D eigenvalue weighted by Gasteiger charge is -2.41. The number of rotatable bonds is 8. The Kier molecular flexibility index (Phi) is 9.62. The third-order valence-corrected chi connectivity index (χ3v) is 8.49. The van der Waals surface area contributed by atoms with E-state index in [0.717, 1.165) is 55.8 Å². The molecule has 2 N–H and O–H groups in total. The number of para-hydroxylation sites is 1. The molecule has 220 valence electrons. The summed E-state index contributed by atoms with van der Waals surface area (Å²) in [5, 5.41) is 15.5. The Morgan fingerprint density at radius 3 is 2.40 bits per heavy atom.